The van der Waals surface area contributed by atoms with Gasteiger partial charge in [0.1, 0.15) is 10.6 Å². The predicted molar refractivity (Wildman–Crippen MR) is 59.8 cm³/mol. The van der Waals surface area contributed by atoms with Gasteiger partial charge in [0, 0.05) is 6.54 Å². The molecule has 0 saturated heterocycles. The molecule has 0 aliphatic carbocycles. The zero-order chi connectivity index (χ0) is 12.0. The van der Waals surface area contributed by atoms with Crippen LogP contribution in [0.2, 0.25) is 0 Å². The fourth-order valence-electron chi connectivity index (χ4n) is 1.08. The molecule has 0 bridgehead atoms. The van der Waals surface area contributed by atoms with Crippen molar-refractivity contribution in [1.82, 2.24) is 5.32 Å². The van der Waals surface area contributed by atoms with Gasteiger partial charge in [-0.25, -0.2) is 0 Å². The highest BCUT2D eigenvalue weighted by molar-refractivity contribution is 7.12. The Kier molecular flexibility index (Phi) is 4.78. The van der Waals surface area contributed by atoms with Crippen LogP contribution in [0.25, 0.3) is 0 Å². The summed E-state index contributed by atoms with van der Waals surface area (Å²) in [6.07, 6.45) is 0.163. The number of ether oxygens (including phenoxy) is 2. The van der Waals surface area contributed by atoms with Gasteiger partial charge >= 0.3 is 5.97 Å². The highest BCUT2D eigenvalue weighted by Crippen LogP contribution is 2.23. The van der Waals surface area contributed by atoms with Gasteiger partial charge in [0.2, 0.25) is 0 Å². The first-order chi connectivity index (χ1) is 7.69. The number of rotatable bonds is 5. The van der Waals surface area contributed by atoms with Gasteiger partial charge in [-0.3, -0.25) is 9.59 Å². The molecule has 5 nitrogen and oxygen atoms in total. The Balaban J connectivity index is 2.44. The van der Waals surface area contributed by atoms with E-state index in [1.165, 1.54) is 25.6 Å². The van der Waals surface area contributed by atoms with Gasteiger partial charge in [0.15, 0.2) is 0 Å². The number of hydrogen-bond donors (Lipinski definition) is 1. The van der Waals surface area contributed by atoms with Gasteiger partial charge in [0.05, 0.1) is 20.6 Å². The molecule has 0 radical (unpaired) electrons. The van der Waals surface area contributed by atoms with Crippen LogP contribution in [0, 0.1) is 0 Å². The molecule has 0 aliphatic heterocycles. The Bertz CT molecular complexity index is 375. The summed E-state index contributed by atoms with van der Waals surface area (Å²) in [6.45, 7) is 0.257. The van der Waals surface area contributed by atoms with Crippen molar-refractivity contribution >= 4 is 23.2 Å². The maximum Gasteiger partial charge on any atom is 0.307 e. The lowest BCUT2D eigenvalue weighted by Gasteiger charge is -2.04. The van der Waals surface area contributed by atoms with Crippen molar-refractivity contribution < 1.29 is 19.1 Å². The van der Waals surface area contributed by atoms with E-state index in [1.807, 2.05) is 0 Å². The molecule has 0 saturated carbocycles. The van der Waals surface area contributed by atoms with Crippen molar-refractivity contribution in [2.24, 2.45) is 0 Å². The largest absolute Gasteiger partial charge is 0.495 e. The number of thiophene rings is 1. The second-order valence-electron chi connectivity index (χ2n) is 2.90. The molecular weight excluding hydrogens is 230 g/mol. The van der Waals surface area contributed by atoms with E-state index in [0.29, 0.717) is 10.6 Å². The van der Waals surface area contributed by atoms with Crippen LogP contribution in [0.1, 0.15) is 16.1 Å². The summed E-state index contributed by atoms with van der Waals surface area (Å²) in [5, 5.41) is 4.39. The van der Waals surface area contributed by atoms with Crippen LogP contribution in [0.4, 0.5) is 0 Å². The normalized spacial score (nSPS) is 9.62. The summed E-state index contributed by atoms with van der Waals surface area (Å²) in [6, 6.07) is 1.72. The molecule has 1 aromatic heterocycles. The van der Waals surface area contributed by atoms with Gasteiger partial charge < -0.3 is 14.8 Å². The van der Waals surface area contributed by atoms with Gasteiger partial charge in [0.25, 0.3) is 5.91 Å². The van der Waals surface area contributed by atoms with Crippen molar-refractivity contribution in [1.29, 1.82) is 0 Å². The fourth-order valence-corrected chi connectivity index (χ4v) is 1.86. The predicted octanol–water partition coefficient (Wildman–Crippen LogP) is 1.05. The number of esters is 1. The first-order valence-electron chi connectivity index (χ1n) is 4.65. The molecular formula is C10H13NO4S. The molecule has 1 rings (SSSR count). The zero-order valence-electron chi connectivity index (χ0n) is 9.11. The fraction of sp³-hybridized carbons (Fsp3) is 0.400. The van der Waals surface area contributed by atoms with E-state index in [2.05, 4.69) is 10.1 Å². The second-order valence-corrected chi connectivity index (χ2v) is 3.82. The summed E-state index contributed by atoms with van der Waals surface area (Å²) in [5.74, 6) is -0.0465. The lowest BCUT2D eigenvalue weighted by molar-refractivity contribution is -0.140. The van der Waals surface area contributed by atoms with Gasteiger partial charge in [-0.05, 0) is 11.4 Å². The maximum atomic E-state index is 11.6. The summed E-state index contributed by atoms with van der Waals surface area (Å²) in [5.41, 5.74) is 0. The SMILES string of the molecule is COC(=O)CCNC(=O)c1sccc1OC. The first kappa shape index (κ1) is 12.5. The second kappa shape index (κ2) is 6.12. The molecule has 0 aliphatic rings. The number of methoxy groups -OCH3 is 2. The Morgan fingerprint density at radius 2 is 2.19 bits per heavy atom. The minimum atomic E-state index is -0.349. The lowest BCUT2D eigenvalue weighted by Crippen LogP contribution is -2.25. The molecule has 16 heavy (non-hydrogen) atoms. The summed E-state index contributed by atoms with van der Waals surface area (Å²) < 4.78 is 9.47. The number of hydrogen-bond acceptors (Lipinski definition) is 5. The molecule has 0 aromatic carbocycles. The molecule has 1 heterocycles. The first-order valence-corrected chi connectivity index (χ1v) is 5.53. The van der Waals surface area contributed by atoms with E-state index in [9.17, 15) is 9.59 Å². The van der Waals surface area contributed by atoms with Gasteiger partial charge in [-0.15, -0.1) is 11.3 Å². The Hall–Kier alpha value is -1.56. The van der Waals surface area contributed by atoms with E-state index in [0.717, 1.165) is 0 Å². The van der Waals surface area contributed by atoms with Crippen molar-refractivity contribution in [2.45, 2.75) is 6.42 Å². The van der Waals surface area contributed by atoms with Crippen LogP contribution in [0.5, 0.6) is 5.75 Å². The molecule has 0 atom stereocenters. The average molecular weight is 243 g/mol. The molecule has 0 spiro atoms. The third-order valence-corrected chi connectivity index (χ3v) is 2.79. The van der Waals surface area contributed by atoms with Crippen LogP contribution in [-0.4, -0.2) is 32.6 Å². The van der Waals surface area contributed by atoms with Crippen molar-refractivity contribution in [2.75, 3.05) is 20.8 Å². The number of carbonyl (C=O) groups excluding carboxylic acids is 2. The molecule has 88 valence electrons. The summed E-state index contributed by atoms with van der Waals surface area (Å²) >= 11 is 1.29. The van der Waals surface area contributed by atoms with Crippen molar-refractivity contribution in [3.8, 4) is 5.75 Å². The van der Waals surface area contributed by atoms with E-state index < -0.39 is 0 Å². The van der Waals surface area contributed by atoms with Gasteiger partial charge in [-0.2, -0.15) is 0 Å². The average Bonchev–Trinajstić information content (AvgIpc) is 2.76. The quantitative estimate of drug-likeness (QED) is 0.785. The van der Waals surface area contributed by atoms with Crippen molar-refractivity contribution in [3.63, 3.8) is 0 Å². The van der Waals surface area contributed by atoms with E-state index in [-0.39, 0.29) is 24.8 Å². The molecule has 1 N–H and O–H groups in total. The molecule has 1 aromatic rings. The third kappa shape index (κ3) is 3.23. The minimum absolute atomic E-state index is 0.163. The van der Waals surface area contributed by atoms with Crippen LogP contribution < -0.4 is 10.1 Å². The summed E-state index contributed by atoms with van der Waals surface area (Å²) in [7, 11) is 2.82. The number of nitrogens with one attached hydrogen (secondary N) is 1. The van der Waals surface area contributed by atoms with Crippen LogP contribution in [0.15, 0.2) is 11.4 Å². The smallest absolute Gasteiger partial charge is 0.307 e. The van der Waals surface area contributed by atoms with E-state index in [1.54, 1.807) is 11.4 Å². The molecule has 6 heteroatoms. The maximum absolute atomic E-state index is 11.6. The zero-order valence-corrected chi connectivity index (χ0v) is 9.93. The highest BCUT2D eigenvalue weighted by atomic mass is 32.1. The topological polar surface area (TPSA) is 64.6 Å². The van der Waals surface area contributed by atoms with Crippen molar-refractivity contribution in [3.05, 3.63) is 16.3 Å². The molecule has 0 unspecified atom stereocenters. The molecule has 1 amide bonds. The minimum Gasteiger partial charge on any atom is -0.495 e. The van der Waals surface area contributed by atoms with E-state index in [4.69, 9.17) is 4.74 Å². The van der Waals surface area contributed by atoms with Crippen LogP contribution >= 0.6 is 11.3 Å². The lowest BCUT2D eigenvalue weighted by atomic mass is 10.3. The Morgan fingerprint density at radius 1 is 1.44 bits per heavy atom. The van der Waals surface area contributed by atoms with E-state index >= 15 is 0 Å². The van der Waals surface area contributed by atoms with Gasteiger partial charge in [-0.1, -0.05) is 0 Å². The molecule has 0 fully saturated rings. The Labute approximate surface area is 97.4 Å². The Morgan fingerprint density at radius 3 is 2.81 bits per heavy atom. The number of carbonyl (C=O) groups is 2. The number of amides is 1. The monoisotopic (exact) mass is 243 g/mol. The summed E-state index contributed by atoms with van der Waals surface area (Å²) in [4.78, 5) is 22.9. The van der Waals surface area contributed by atoms with Crippen LogP contribution in [0.3, 0.4) is 0 Å². The highest BCUT2D eigenvalue weighted by Gasteiger charge is 2.13. The van der Waals surface area contributed by atoms with Crippen LogP contribution in [-0.2, 0) is 9.53 Å². The third-order valence-electron chi connectivity index (χ3n) is 1.90. The standard InChI is InChI=1S/C10H13NO4S/c1-14-7-4-6-16-9(7)10(13)11-5-3-8(12)15-2/h4,6H,3,5H2,1-2H3,(H,11,13).